The van der Waals surface area contributed by atoms with E-state index in [1.54, 1.807) is 18.4 Å². The smallest absolute Gasteiger partial charge is 0.230 e. The maximum atomic E-state index is 11.4. The average Bonchev–Trinajstić information content (AvgIpc) is 2.50. The van der Waals surface area contributed by atoms with E-state index in [1.807, 2.05) is 12.3 Å². The molecule has 15 heavy (non-hydrogen) atoms. The van der Waals surface area contributed by atoms with Gasteiger partial charge in [-0.2, -0.15) is 0 Å². The molecule has 0 aliphatic rings. The van der Waals surface area contributed by atoms with Gasteiger partial charge >= 0.3 is 0 Å². The molecule has 1 aromatic rings. The minimum absolute atomic E-state index is 0.0282. The standard InChI is InChI=1S/C10H14N2O2S/c1-7(13)4-10(14)12(3)5-9-6-15-8(2)11-9/h6H,4-5H2,1-3H3. The molecule has 4 nitrogen and oxygen atoms in total. The summed E-state index contributed by atoms with van der Waals surface area (Å²) in [6.45, 7) is 3.81. The molecule has 5 heteroatoms. The first-order valence-corrected chi connectivity index (χ1v) is 5.51. The fourth-order valence-corrected chi connectivity index (χ4v) is 1.76. The predicted octanol–water partition coefficient (Wildman–Crippen LogP) is 1.39. The Kier molecular flexibility index (Phi) is 3.96. The number of nitrogens with zero attached hydrogens (tertiary/aromatic N) is 2. The van der Waals surface area contributed by atoms with Crippen LogP contribution in [-0.2, 0) is 16.1 Å². The predicted molar refractivity (Wildman–Crippen MR) is 58.6 cm³/mol. The molecule has 0 spiro atoms. The van der Waals surface area contributed by atoms with Crippen molar-refractivity contribution in [2.24, 2.45) is 0 Å². The second kappa shape index (κ2) is 5.02. The van der Waals surface area contributed by atoms with Crippen molar-refractivity contribution in [3.63, 3.8) is 0 Å². The van der Waals surface area contributed by atoms with Crippen LogP contribution in [0, 0.1) is 6.92 Å². The van der Waals surface area contributed by atoms with E-state index in [0.29, 0.717) is 6.54 Å². The molecule has 1 aromatic heterocycles. The molecule has 0 radical (unpaired) electrons. The number of aromatic nitrogens is 1. The van der Waals surface area contributed by atoms with E-state index in [2.05, 4.69) is 4.98 Å². The molecular weight excluding hydrogens is 212 g/mol. The summed E-state index contributed by atoms with van der Waals surface area (Å²) in [6.07, 6.45) is -0.0282. The lowest BCUT2D eigenvalue weighted by Crippen LogP contribution is -2.27. The van der Waals surface area contributed by atoms with Gasteiger partial charge in [-0.1, -0.05) is 0 Å². The fraction of sp³-hybridized carbons (Fsp3) is 0.500. The molecule has 0 aromatic carbocycles. The summed E-state index contributed by atoms with van der Waals surface area (Å²) in [5.41, 5.74) is 0.872. The van der Waals surface area contributed by atoms with Crippen molar-refractivity contribution < 1.29 is 9.59 Å². The zero-order valence-corrected chi connectivity index (χ0v) is 9.93. The molecule has 0 unspecified atom stereocenters. The zero-order valence-electron chi connectivity index (χ0n) is 9.11. The lowest BCUT2D eigenvalue weighted by molar-refractivity contribution is -0.134. The van der Waals surface area contributed by atoms with Crippen LogP contribution in [0.1, 0.15) is 24.0 Å². The second-order valence-corrected chi connectivity index (χ2v) is 4.55. The van der Waals surface area contributed by atoms with E-state index in [1.165, 1.54) is 11.8 Å². The van der Waals surface area contributed by atoms with Crippen molar-refractivity contribution in [1.82, 2.24) is 9.88 Å². The number of Topliss-reactive ketones (excluding diaryl/α,β-unsaturated/α-hetero) is 1. The number of rotatable bonds is 4. The van der Waals surface area contributed by atoms with E-state index in [0.717, 1.165) is 10.7 Å². The number of aryl methyl sites for hydroxylation is 1. The Labute approximate surface area is 92.9 Å². The number of ketones is 1. The van der Waals surface area contributed by atoms with Crippen LogP contribution < -0.4 is 0 Å². The van der Waals surface area contributed by atoms with Gasteiger partial charge in [0.1, 0.15) is 5.78 Å². The molecule has 0 saturated heterocycles. The van der Waals surface area contributed by atoms with Crippen LogP contribution in [0.2, 0.25) is 0 Å². The number of thiazole rings is 1. The molecule has 0 bridgehead atoms. The first-order valence-electron chi connectivity index (χ1n) is 4.63. The second-order valence-electron chi connectivity index (χ2n) is 3.49. The van der Waals surface area contributed by atoms with Gasteiger partial charge in [0.15, 0.2) is 0 Å². The van der Waals surface area contributed by atoms with Gasteiger partial charge in [0.05, 0.1) is 23.7 Å². The van der Waals surface area contributed by atoms with Gasteiger partial charge in [0.2, 0.25) is 5.91 Å². The third-order valence-electron chi connectivity index (χ3n) is 1.89. The Morgan fingerprint density at radius 2 is 2.20 bits per heavy atom. The van der Waals surface area contributed by atoms with Crippen LogP contribution >= 0.6 is 11.3 Å². The van der Waals surface area contributed by atoms with E-state index in [4.69, 9.17) is 0 Å². The number of hydrogen-bond donors (Lipinski definition) is 0. The van der Waals surface area contributed by atoms with Gasteiger partial charge in [-0.05, 0) is 13.8 Å². The zero-order chi connectivity index (χ0) is 11.4. The largest absolute Gasteiger partial charge is 0.339 e. The molecule has 82 valence electrons. The van der Waals surface area contributed by atoms with E-state index < -0.39 is 0 Å². The maximum absolute atomic E-state index is 11.4. The van der Waals surface area contributed by atoms with Crippen LogP contribution in [0.3, 0.4) is 0 Å². The third kappa shape index (κ3) is 3.79. The molecule has 1 heterocycles. The monoisotopic (exact) mass is 226 g/mol. The Morgan fingerprint density at radius 3 is 2.67 bits per heavy atom. The Morgan fingerprint density at radius 1 is 1.53 bits per heavy atom. The third-order valence-corrected chi connectivity index (χ3v) is 2.71. The average molecular weight is 226 g/mol. The molecule has 1 rings (SSSR count). The Bertz CT molecular complexity index is 373. The highest BCUT2D eigenvalue weighted by Gasteiger charge is 2.12. The highest BCUT2D eigenvalue weighted by Crippen LogP contribution is 2.10. The Balaban J connectivity index is 2.51. The summed E-state index contributed by atoms with van der Waals surface area (Å²) < 4.78 is 0. The summed E-state index contributed by atoms with van der Waals surface area (Å²) in [5.74, 6) is -0.269. The molecular formula is C10H14N2O2S. The number of amides is 1. The van der Waals surface area contributed by atoms with Crippen molar-refractivity contribution in [2.75, 3.05) is 7.05 Å². The SMILES string of the molecule is CC(=O)CC(=O)N(C)Cc1csc(C)n1. The van der Waals surface area contributed by atoms with Crippen LogP contribution in [0.15, 0.2) is 5.38 Å². The molecule has 0 aliphatic heterocycles. The van der Waals surface area contributed by atoms with Crippen molar-refractivity contribution in [2.45, 2.75) is 26.8 Å². The Hall–Kier alpha value is -1.23. The first-order chi connectivity index (χ1) is 6.99. The minimum atomic E-state index is -0.159. The summed E-state index contributed by atoms with van der Waals surface area (Å²) in [7, 11) is 1.68. The van der Waals surface area contributed by atoms with Crippen molar-refractivity contribution in [3.05, 3.63) is 16.1 Å². The quantitative estimate of drug-likeness (QED) is 0.729. The van der Waals surface area contributed by atoms with Crippen LogP contribution in [0.25, 0.3) is 0 Å². The van der Waals surface area contributed by atoms with E-state index in [9.17, 15) is 9.59 Å². The molecule has 0 atom stereocenters. The van der Waals surface area contributed by atoms with Crippen molar-refractivity contribution in [3.8, 4) is 0 Å². The van der Waals surface area contributed by atoms with Crippen LogP contribution in [0.5, 0.6) is 0 Å². The van der Waals surface area contributed by atoms with Gasteiger partial charge < -0.3 is 4.90 Å². The first kappa shape index (κ1) is 11.8. The topological polar surface area (TPSA) is 50.3 Å². The number of hydrogen-bond acceptors (Lipinski definition) is 4. The highest BCUT2D eigenvalue weighted by atomic mass is 32.1. The minimum Gasteiger partial charge on any atom is -0.339 e. The number of carbonyl (C=O) groups is 2. The van der Waals surface area contributed by atoms with Gasteiger partial charge in [0.25, 0.3) is 0 Å². The summed E-state index contributed by atoms with van der Waals surface area (Å²) in [6, 6.07) is 0. The van der Waals surface area contributed by atoms with Gasteiger partial charge in [0, 0.05) is 12.4 Å². The van der Waals surface area contributed by atoms with Crippen LogP contribution in [0.4, 0.5) is 0 Å². The molecule has 0 saturated carbocycles. The lowest BCUT2D eigenvalue weighted by Gasteiger charge is -2.14. The van der Waals surface area contributed by atoms with Gasteiger partial charge in [-0.3, -0.25) is 9.59 Å². The molecule has 0 aliphatic carbocycles. The summed E-state index contributed by atoms with van der Waals surface area (Å²) >= 11 is 1.56. The van der Waals surface area contributed by atoms with E-state index >= 15 is 0 Å². The maximum Gasteiger partial charge on any atom is 0.230 e. The number of carbonyl (C=O) groups excluding carboxylic acids is 2. The van der Waals surface area contributed by atoms with Gasteiger partial charge in [-0.15, -0.1) is 11.3 Å². The summed E-state index contributed by atoms with van der Waals surface area (Å²) in [4.78, 5) is 28.0. The lowest BCUT2D eigenvalue weighted by atomic mass is 10.3. The normalized spacial score (nSPS) is 10.1. The fourth-order valence-electron chi connectivity index (χ4n) is 1.16. The van der Waals surface area contributed by atoms with Gasteiger partial charge in [-0.25, -0.2) is 4.98 Å². The highest BCUT2D eigenvalue weighted by molar-refractivity contribution is 7.09. The van der Waals surface area contributed by atoms with E-state index in [-0.39, 0.29) is 18.1 Å². The molecule has 0 fully saturated rings. The molecule has 0 N–H and O–H groups in total. The van der Waals surface area contributed by atoms with Crippen molar-refractivity contribution in [1.29, 1.82) is 0 Å². The van der Waals surface area contributed by atoms with Crippen LogP contribution in [-0.4, -0.2) is 28.6 Å². The molecule has 1 amide bonds. The summed E-state index contributed by atoms with van der Waals surface area (Å²) in [5, 5.41) is 2.91. The van der Waals surface area contributed by atoms with Crippen molar-refractivity contribution >= 4 is 23.0 Å².